The van der Waals surface area contributed by atoms with Gasteiger partial charge in [-0.25, -0.2) is 5.43 Å². The highest BCUT2D eigenvalue weighted by Gasteiger charge is 2.20. The molecule has 12 heteroatoms. The van der Waals surface area contributed by atoms with Gasteiger partial charge in [-0.1, -0.05) is 22.0 Å². The van der Waals surface area contributed by atoms with Crippen molar-refractivity contribution in [2.45, 2.75) is 4.90 Å². The van der Waals surface area contributed by atoms with Crippen LogP contribution < -0.4 is 9.61 Å². The van der Waals surface area contributed by atoms with E-state index in [2.05, 4.69) is 49.0 Å². The Hall–Kier alpha value is -2.84. The lowest BCUT2D eigenvalue weighted by Gasteiger charge is -2.10. The van der Waals surface area contributed by atoms with Crippen molar-refractivity contribution >= 4 is 66.4 Å². The van der Waals surface area contributed by atoms with Crippen LogP contribution in [0.2, 0.25) is 0 Å². The summed E-state index contributed by atoms with van der Waals surface area (Å²) in [5.74, 6) is -0.477. The van der Waals surface area contributed by atoms with E-state index in [1.54, 1.807) is 30.3 Å². The number of benzene rings is 3. The summed E-state index contributed by atoms with van der Waals surface area (Å²) in [6.07, 6.45) is 1.25. The first kappa shape index (κ1) is 23.8. The predicted molar refractivity (Wildman–Crippen MR) is 129 cm³/mol. The number of nitro benzene ring substituents is 1. The van der Waals surface area contributed by atoms with E-state index in [4.69, 9.17) is 4.18 Å². The van der Waals surface area contributed by atoms with Crippen LogP contribution in [-0.4, -0.2) is 25.5 Å². The zero-order valence-corrected chi connectivity index (χ0v) is 20.5. The van der Waals surface area contributed by atoms with Gasteiger partial charge in [0.1, 0.15) is 4.90 Å². The minimum Gasteiger partial charge on any atom is -0.378 e. The number of hydrazone groups is 1. The van der Waals surface area contributed by atoms with Crippen LogP contribution in [0.1, 0.15) is 15.9 Å². The summed E-state index contributed by atoms with van der Waals surface area (Å²) >= 11 is 5.37. The summed E-state index contributed by atoms with van der Waals surface area (Å²) < 4.78 is 31.9. The molecule has 0 heterocycles. The number of halogens is 2. The number of amides is 1. The molecule has 3 aromatic carbocycles. The normalized spacial score (nSPS) is 11.3. The molecule has 0 aromatic heterocycles. The third kappa shape index (κ3) is 6.11. The predicted octanol–water partition coefficient (Wildman–Crippen LogP) is 4.49. The van der Waals surface area contributed by atoms with Crippen molar-refractivity contribution in [1.29, 1.82) is 0 Å². The summed E-state index contributed by atoms with van der Waals surface area (Å²) in [6.45, 7) is 0. The molecule has 0 unspecified atom stereocenters. The minimum atomic E-state index is -4.27. The highest BCUT2D eigenvalue weighted by Crippen LogP contribution is 2.26. The van der Waals surface area contributed by atoms with Crippen LogP contribution in [0.4, 0.5) is 5.69 Å². The molecule has 0 spiro atoms. The summed E-state index contributed by atoms with van der Waals surface area (Å²) in [6, 6.07) is 15.8. The van der Waals surface area contributed by atoms with E-state index in [9.17, 15) is 23.3 Å². The first-order valence-electron chi connectivity index (χ1n) is 8.73. The van der Waals surface area contributed by atoms with Crippen LogP contribution in [0.3, 0.4) is 0 Å². The van der Waals surface area contributed by atoms with E-state index in [1.165, 1.54) is 12.3 Å². The molecule has 3 rings (SSSR count). The van der Waals surface area contributed by atoms with Crippen LogP contribution in [0.25, 0.3) is 0 Å². The van der Waals surface area contributed by atoms with Crippen molar-refractivity contribution in [2.75, 3.05) is 0 Å². The van der Waals surface area contributed by atoms with Gasteiger partial charge in [-0.05, 0) is 71.1 Å². The van der Waals surface area contributed by atoms with Gasteiger partial charge in [0.05, 0.1) is 11.1 Å². The van der Waals surface area contributed by atoms with Crippen LogP contribution in [0.5, 0.6) is 5.75 Å². The number of nitrogens with zero attached hydrogens (tertiary/aromatic N) is 2. The number of hydrogen-bond acceptors (Lipinski definition) is 7. The third-order valence-corrected chi connectivity index (χ3v) is 6.38. The number of non-ortho nitro benzene ring substituents is 1. The number of rotatable bonds is 7. The number of carbonyl (C=O) groups excluding carboxylic acids is 1. The summed E-state index contributed by atoms with van der Waals surface area (Å²) in [5.41, 5.74) is 2.82. The quantitative estimate of drug-likeness (QED) is 0.135. The molecule has 0 saturated heterocycles. The van der Waals surface area contributed by atoms with E-state index in [1.807, 2.05) is 6.07 Å². The second-order valence-corrected chi connectivity index (χ2v) is 9.89. The molecule has 0 fully saturated rings. The van der Waals surface area contributed by atoms with Crippen molar-refractivity contribution in [3.63, 3.8) is 0 Å². The van der Waals surface area contributed by atoms with Crippen LogP contribution in [0, 0.1) is 13.7 Å². The Labute approximate surface area is 205 Å². The molecule has 0 saturated carbocycles. The summed E-state index contributed by atoms with van der Waals surface area (Å²) in [4.78, 5) is 22.1. The molecule has 0 radical (unpaired) electrons. The van der Waals surface area contributed by atoms with Gasteiger partial charge < -0.3 is 4.18 Å². The van der Waals surface area contributed by atoms with Gasteiger partial charge in [-0.2, -0.15) is 13.5 Å². The molecule has 0 aliphatic carbocycles. The van der Waals surface area contributed by atoms with E-state index >= 15 is 0 Å². The van der Waals surface area contributed by atoms with Gasteiger partial charge in [0.25, 0.3) is 11.6 Å². The zero-order valence-electron chi connectivity index (χ0n) is 15.9. The lowest BCUT2D eigenvalue weighted by Crippen LogP contribution is -2.17. The Morgan fingerprint density at radius 3 is 2.50 bits per heavy atom. The molecule has 0 aliphatic rings. The van der Waals surface area contributed by atoms with Gasteiger partial charge >= 0.3 is 10.1 Å². The fourth-order valence-electron chi connectivity index (χ4n) is 2.45. The standard InChI is InChI=1S/C20H13BrIN3O6S/c21-15-4-9-19(31-32(29,30)18-7-5-17(6-8-18)25(27)28)14(10-15)12-23-24-20(26)13-2-1-3-16(22)11-13/h1-12H,(H,24,26)/b23-12-. The number of hydrogen-bond donors (Lipinski definition) is 1. The first-order valence-corrected chi connectivity index (χ1v) is 12.0. The fourth-order valence-corrected chi connectivity index (χ4v) is 4.33. The van der Waals surface area contributed by atoms with Crippen molar-refractivity contribution in [2.24, 2.45) is 5.10 Å². The van der Waals surface area contributed by atoms with Gasteiger partial charge in [0.2, 0.25) is 0 Å². The monoisotopic (exact) mass is 629 g/mol. The van der Waals surface area contributed by atoms with Crippen molar-refractivity contribution < 1.29 is 22.3 Å². The Bertz CT molecular complexity index is 1310. The smallest absolute Gasteiger partial charge is 0.339 e. The molecule has 0 aliphatic heterocycles. The minimum absolute atomic E-state index is 0.0428. The molecule has 0 bridgehead atoms. The zero-order chi connectivity index (χ0) is 23.3. The second-order valence-electron chi connectivity index (χ2n) is 6.18. The van der Waals surface area contributed by atoms with E-state index in [0.717, 1.165) is 27.8 Å². The maximum Gasteiger partial charge on any atom is 0.339 e. The van der Waals surface area contributed by atoms with E-state index in [0.29, 0.717) is 10.0 Å². The lowest BCUT2D eigenvalue weighted by molar-refractivity contribution is -0.384. The molecule has 32 heavy (non-hydrogen) atoms. The fraction of sp³-hybridized carbons (Fsp3) is 0. The highest BCUT2D eigenvalue weighted by molar-refractivity contribution is 14.1. The molecular weight excluding hydrogens is 617 g/mol. The molecule has 0 atom stereocenters. The van der Waals surface area contributed by atoms with E-state index in [-0.39, 0.29) is 21.9 Å². The average Bonchev–Trinajstić information content (AvgIpc) is 2.75. The molecule has 1 amide bonds. The van der Waals surface area contributed by atoms with Crippen molar-refractivity contribution in [3.05, 3.63) is 96.0 Å². The molecule has 3 aromatic rings. The summed E-state index contributed by atoms with van der Waals surface area (Å²) in [5, 5.41) is 14.6. The van der Waals surface area contributed by atoms with Crippen molar-refractivity contribution in [1.82, 2.24) is 5.43 Å². The number of carbonyl (C=O) groups is 1. The van der Waals surface area contributed by atoms with Crippen molar-refractivity contribution in [3.8, 4) is 5.75 Å². The van der Waals surface area contributed by atoms with Crippen LogP contribution in [0.15, 0.2) is 81.2 Å². The van der Waals surface area contributed by atoms with Gasteiger partial charge in [0, 0.05) is 31.3 Å². The lowest BCUT2D eigenvalue weighted by atomic mass is 10.2. The number of nitrogens with one attached hydrogen (secondary N) is 1. The Kier molecular flexibility index (Phi) is 7.58. The van der Waals surface area contributed by atoms with Crippen LogP contribution in [-0.2, 0) is 10.1 Å². The molecule has 1 N–H and O–H groups in total. The van der Waals surface area contributed by atoms with Gasteiger partial charge in [-0.15, -0.1) is 0 Å². The summed E-state index contributed by atoms with van der Waals surface area (Å²) in [7, 11) is -4.27. The number of nitro groups is 1. The maximum absolute atomic E-state index is 12.6. The maximum atomic E-state index is 12.6. The van der Waals surface area contributed by atoms with Gasteiger partial charge in [0.15, 0.2) is 5.75 Å². The highest BCUT2D eigenvalue weighted by atomic mass is 127. The Morgan fingerprint density at radius 1 is 1.12 bits per heavy atom. The third-order valence-electron chi connectivity index (χ3n) is 3.96. The molecule has 164 valence electrons. The molecular formula is C20H13BrIN3O6S. The SMILES string of the molecule is O=C(N/N=C\c1cc(Br)ccc1OS(=O)(=O)c1ccc([N+](=O)[O-])cc1)c1cccc(I)c1. The van der Waals surface area contributed by atoms with Gasteiger partial charge in [-0.3, -0.25) is 14.9 Å². The Balaban J connectivity index is 1.80. The molecule has 9 nitrogen and oxygen atoms in total. The second kappa shape index (κ2) is 10.2. The average molecular weight is 630 g/mol. The first-order chi connectivity index (χ1) is 15.2. The largest absolute Gasteiger partial charge is 0.378 e. The van der Waals surface area contributed by atoms with E-state index < -0.39 is 20.9 Å². The topological polar surface area (TPSA) is 128 Å². The Morgan fingerprint density at radius 2 is 1.84 bits per heavy atom. The van der Waals surface area contributed by atoms with Crippen LogP contribution >= 0.6 is 38.5 Å².